The molecule has 0 unspecified atom stereocenters. The van der Waals surface area contributed by atoms with Crippen LogP contribution in [0.4, 0.5) is 4.39 Å². The van der Waals surface area contributed by atoms with Gasteiger partial charge >= 0.3 is 5.97 Å². The summed E-state index contributed by atoms with van der Waals surface area (Å²) in [5.74, 6) is -1.46. The maximum absolute atomic E-state index is 13.6. The van der Waals surface area contributed by atoms with Crippen LogP contribution in [-0.2, 0) is 16.8 Å². The van der Waals surface area contributed by atoms with Crippen LogP contribution in [0.5, 0.6) is 5.75 Å². The molecule has 38 heavy (non-hydrogen) atoms. The molecule has 2 saturated carbocycles. The number of carboxylic acids is 1. The Balaban J connectivity index is 0.000000216. The van der Waals surface area contributed by atoms with Crippen molar-refractivity contribution < 1.29 is 24.1 Å². The molecule has 0 bridgehead atoms. The van der Waals surface area contributed by atoms with Gasteiger partial charge in [-0.05, 0) is 61.6 Å². The van der Waals surface area contributed by atoms with E-state index in [2.05, 4.69) is 5.32 Å². The predicted molar refractivity (Wildman–Crippen MR) is 149 cm³/mol. The second kappa shape index (κ2) is 13.5. The molecule has 0 spiro atoms. The molecular weight excluding hydrogens is 528 g/mol. The molecule has 0 aromatic heterocycles. The predicted octanol–water partition coefficient (Wildman–Crippen LogP) is 7.43. The molecule has 5 nitrogen and oxygen atoms in total. The van der Waals surface area contributed by atoms with Crippen LogP contribution < -0.4 is 10.1 Å². The Bertz CT molecular complexity index is 1070. The highest BCUT2D eigenvalue weighted by molar-refractivity contribution is 6.42. The number of carboxylic acid groups (broad SMARTS) is 1. The van der Waals surface area contributed by atoms with Crippen LogP contribution in [0.25, 0.3) is 0 Å². The molecule has 2 aromatic carbocycles. The number of benzene rings is 2. The highest BCUT2D eigenvalue weighted by Gasteiger charge is 2.42. The van der Waals surface area contributed by atoms with Crippen LogP contribution in [0.15, 0.2) is 36.4 Å². The molecule has 2 aliphatic carbocycles. The van der Waals surface area contributed by atoms with E-state index in [9.17, 15) is 14.3 Å². The minimum atomic E-state index is -1.71. The Morgan fingerprint density at radius 1 is 0.947 bits per heavy atom. The smallest absolute Gasteiger partial charge is 0.306 e. The van der Waals surface area contributed by atoms with Gasteiger partial charge < -0.3 is 20.3 Å². The monoisotopic (exact) mass is 565 g/mol. The number of hydrogen-bond donors (Lipinski definition) is 3. The number of aliphatic carboxylic acids is 1. The van der Waals surface area contributed by atoms with Gasteiger partial charge in [0.15, 0.2) is 0 Å². The lowest BCUT2D eigenvalue weighted by Crippen LogP contribution is -2.41. The summed E-state index contributed by atoms with van der Waals surface area (Å²) in [6, 6.07) is 10.6. The molecule has 3 N–H and O–H groups in total. The van der Waals surface area contributed by atoms with Crippen LogP contribution in [0, 0.1) is 5.82 Å². The van der Waals surface area contributed by atoms with Gasteiger partial charge in [0.1, 0.15) is 23.3 Å². The zero-order valence-electron chi connectivity index (χ0n) is 21.7. The second-order valence-electron chi connectivity index (χ2n) is 11.0. The van der Waals surface area contributed by atoms with Crippen molar-refractivity contribution in [3.05, 3.63) is 63.4 Å². The SMILES string of the molecule is C1CCC(NC2CCCCC2)CC1.O=C(O)C[C@]1(O)C[C@@H](Cc2ccc(Cl)c(Cl)c2)Oc2ccc(F)cc21. The van der Waals surface area contributed by atoms with E-state index < -0.39 is 29.9 Å². The molecular formula is C30H38Cl2FNO4. The average Bonchev–Trinajstić information content (AvgIpc) is 2.88. The molecule has 208 valence electrons. The fourth-order valence-electron chi connectivity index (χ4n) is 6.01. The standard InChI is InChI=1S/C18H15Cl2FO4.C12H23N/c19-14-3-1-10(6-15(14)20)5-12-8-18(24,9-17(22)23)13-7-11(21)2-4-16(13)25-12;1-3-7-11(8-4-1)13-12-9-5-2-6-10-12/h1-4,6-7,12,24H,5,8-9H2,(H,22,23);11-13H,1-10H2/t12-,18-;/m1./s1. The summed E-state index contributed by atoms with van der Waals surface area (Å²) in [7, 11) is 0. The van der Waals surface area contributed by atoms with Crippen molar-refractivity contribution in [1.29, 1.82) is 0 Å². The molecule has 0 amide bonds. The molecule has 2 atom stereocenters. The third kappa shape index (κ3) is 8.08. The van der Waals surface area contributed by atoms with Gasteiger partial charge in [-0.25, -0.2) is 4.39 Å². The number of rotatable bonds is 6. The Morgan fingerprint density at radius 2 is 1.58 bits per heavy atom. The number of ether oxygens (including phenoxy) is 1. The van der Waals surface area contributed by atoms with Crippen molar-refractivity contribution in [2.75, 3.05) is 0 Å². The zero-order valence-corrected chi connectivity index (χ0v) is 23.2. The summed E-state index contributed by atoms with van der Waals surface area (Å²) in [4.78, 5) is 11.2. The average molecular weight is 567 g/mol. The largest absolute Gasteiger partial charge is 0.490 e. The molecule has 1 heterocycles. The van der Waals surface area contributed by atoms with Gasteiger partial charge in [0.25, 0.3) is 0 Å². The first-order valence-corrected chi connectivity index (χ1v) is 14.6. The number of halogens is 3. The summed E-state index contributed by atoms with van der Waals surface area (Å²) in [5, 5.41) is 24.7. The lowest BCUT2D eigenvalue weighted by molar-refractivity contribution is -0.145. The van der Waals surface area contributed by atoms with Crippen molar-refractivity contribution in [3.63, 3.8) is 0 Å². The van der Waals surface area contributed by atoms with Gasteiger partial charge in [0, 0.05) is 30.5 Å². The van der Waals surface area contributed by atoms with E-state index in [4.69, 9.17) is 33.0 Å². The number of aliphatic hydroxyl groups is 1. The fourth-order valence-corrected chi connectivity index (χ4v) is 6.33. The highest BCUT2D eigenvalue weighted by Crippen LogP contribution is 2.43. The quantitative estimate of drug-likeness (QED) is 0.339. The second-order valence-corrected chi connectivity index (χ2v) is 11.8. The van der Waals surface area contributed by atoms with E-state index in [0.717, 1.165) is 23.7 Å². The van der Waals surface area contributed by atoms with Crippen molar-refractivity contribution in [1.82, 2.24) is 5.32 Å². The maximum atomic E-state index is 13.6. The number of hydrogen-bond acceptors (Lipinski definition) is 4. The Hall–Kier alpha value is -1.86. The van der Waals surface area contributed by atoms with E-state index in [0.29, 0.717) is 16.5 Å². The van der Waals surface area contributed by atoms with Crippen molar-refractivity contribution in [2.24, 2.45) is 0 Å². The first-order chi connectivity index (χ1) is 18.2. The Labute approximate surface area is 234 Å². The summed E-state index contributed by atoms with van der Waals surface area (Å²) >= 11 is 11.9. The fraction of sp³-hybridized carbons (Fsp3) is 0.567. The molecule has 2 aromatic rings. The third-order valence-corrected chi connectivity index (χ3v) is 8.61. The van der Waals surface area contributed by atoms with Crippen LogP contribution in [0.3, 0.4) is 0 Å². The molecule has 0 saturated heterocycles. The van der Waals surface area contributed by atoms with Crippen LogP contribution in [0.2, 0.25) is 10.0 Å². The summed E-state index contributed by atoms with van der Waals surface area (Å²) in [6.07, 6.45) is 14.0. The van der Waals surface area contributed by atoms with Gasteiger partial charge in [0.05, 0.1) is 16.5 Å². The lowest BCUT2D eigenvalue weighted by Gasteiger charge is -2.38. The first-order valence-electron chi connectivity index (χ1n) is 13.8. The summed E-state index contributed by atoms with van der Waals surface area (Å²) in [5.41, 5.74) is -0.717. The zero-order chi connectivity index (χ0) is 27.1. The minimum Gasteiger partial charge on any atom is -0.490 e. The molecule has 3 aliphatic rings. The Kier molecular flexibility index (Phi) is 10.3. The Morgan fingerprint density at radius 3 is 2.16 bits per heavy atom. The van der Waals surface area contributed by atoms with E-state index >= 15 is 0 Å². The summed E-state index contributed by atoms with van der Waals surface area (Å²) < 4.78 is 19.4. The van der Waals surface area contributed by atoms with E-state index in [1.807, 2.05) is 0 Å². The van der Waals surface area contributed by atoms with Crippen molar-refractivity contribution >= 4 is 29.2 Å². The normalized spacial score (nSPS) is 24.1. The molecule has 0 radical (unpaired) electrons. The van der Waals surface area contributed by atoms with Gasteiger partial charge in [-0.2, -0.15) is 0 Å². The van der Waals surface area contributed by atoms with Gasteiger partial charge in [0.2, 0.25) is 0 Å². The molecule has 5 rings (SSSR count). The first kappa shape index (κ1) is 29.1. The van der Waals surface area contributed by atoms with Crippen LogP contribution in [-0.4, -0.2) is 34.4 Å². The van der Waals surface area contributed by atoms with E-state index in [1.165, 1.54) is 76.3 Å². The lowest BCUT2D eigenvalue weighted by atomic mass is 9.81. The number of carbonyl (C=O) groups is 1. The van der Waals surface area contributed by atoms with E-state index in [1.54, 1.807) is 18.2 Å². The van der Waals surface area contributed by atoms with Gasteiger partial charge in [-0.3, -0.25) is 4.79 Å². The van der Waals surface area contributed by atoms with Gasteiger partial charge in [-0.15, -0.1) is 0 Å². The van der Waals surface area contributed by atoms with Gasteiger partial charge in [-0.1, -0.05) is 67.8 Å². The summed E-state index contributed by atoms with van der Waals surface area (Å²) in [6.45, 7) is 0. The number of fused-ring (bicyclic) bond motifs is 1. The van der Waals surface area contributed by atoms with Crippen LogP contribution >= 0.6 is 23.2 Å². The highest BCUT2D eigenvalue weighted by atomic mass is 35.5. The number of nitrogens with one attached hydrogen (secondary N) is 1. The van der Waals surface area contributed by atoms with E-state index in [-0.39, 0.29) is 17.7 Å². The maximum Gasteiger partial charge on any atom is 0.306 e. The van der Waals surface area contributed by atoms with Crippen molar-refractivity contribution in [2.45, 2.75) is 107 Å². The molecule has 1 aliphatic heterocycles. The molecule has 2 fully saturated rings. The minimum absolute atomic E-state index is 0.0238. The third-order valence-electron chi connectivity index (χ3n) is 7.87. The van der Waals surface area contributed by atoms with Crippen molar-refractivity contribution in [3.8, 4) is 5.75 Å². The topological polar surface area (TPSA) is 78.8 Å². The molecule has 8 heteroatoms. The van der Waals surface area contributed by atoms with Crippen LogP contribution in [0.1, 0.15) is 88.2 Å².